The Balaban J connectivity index is 3.41. The molecule has 0 aromatic heterocycles. The standard InChI is InChI=1S/C44H86O8/c1-5-7-9-11-13-15-17-19-21-23-27-31-35-47-37-41(3)49-39-51-43(45)33-29-25-26-30-34-44(46)52-40-50-42(4)38-48-36-32-28-24-22-20-18-16-14-12-10-8-6-2/h41-42H,5-40H2,1-4H3. The third kappa shape index (κ3) is 41.5. The zero-order valence-corrected chi connectivity index (χ0v) is 34.9. The fraction of sp³-hybridized carbons (Fsp3) is 0.955. The first-order chi connectivity index (χ1) is 25.5. The lowest BCUT2D eigenvalue weighted by atomic mass is 10.1. The normalized spacial score (nSPS) is 12.6. The summed E-state index contributed by atoms with van der Waals surface area (Å²) in [5, 5.41) is 0. The minimum Gasteiger partial charge on any atom is -0.438 e. The van der Waals surface area contributed by atoms with Crippen molar-refractivity contribution in [1.82, 2.24) is 0 Å². The number of unbranched alkanes of at least 4 members (excludes halogenated alkanes) is 25. The molecule has 8 heteroatoms. The van der Waals surface area contributed by atoms with E-state index in [0.717, 1.165) is 51.7 Å². The molecule has 0 heterocycles. The van der Waals surface area contributed by atoms with E-state index >= 15 is 0 Å². The topological polar surface area (TPSA) is 89.5 Å². The summed E-state index contributed by atoms with van der Waals surface area (Å²) < 4.78 is 33.0. The van der Waals surface area contributed by atoms with Crippen molar-refractivity contribution >= 4 is 11.9 Å². The van der Waals surface area contributed by atoms with Gasteiger partial charge in [-0.2, -0.15) is 0 Å². The Morgan fingerprint density at radius 1 is 0.385 bits per heavy atom. The number of esters is 2. The largest absolute Gasteiger partial charge is 0.438 e. The molecule has 0 aliphatic rings. The van der Waals surface area contributed by atoms with Gasteiger partial charge in [0.05, 0.1) is 25.4 Å². The molecule has 0 N–H and O–H groups in total. The molecule has 0 radical (unpaired) electrons. The first-order valence-corrected chi connectivity index (χ1v) is 22.2. The number of hydrogen-bond donors (Lipinski definition) is 0. The van der Waals surface area contributed by atoms with Crippen LogP contribution in [0.5, 0.6) is 0 Å². The van der Waals surface area contributed by atoms with Gasteiger partial charge in [-0.05, 0) is 39.5 Å². The maximum Gasteiger partial charge on any atom is 0.307 e. The van der Waals surface area contributed by atoms with Gasteiger partial charge >= 0.3 is 11.9 Å². The van der Waals surface area contributed by atoms with Gasteiger partial charge < -0.3 is 28.4 Å². The zero-order chi connectivity index (χ0) is 38.0. The van der Waals surface area contributed by atoms with Crippen LogP contribution in [0.3, 0.4) is 0 Å². The van der Waals surface area contributed by atoms with Gasteiger partial charge in [-0.3, -0.25) is 9.59 Å². The van der Waals surface area contributed by atoms with E-state index in [4.69, 9.17) is 28.4 Å². The van der Waals surface area contributed by atoms with Gasteiger partial charge in [0.15, 0.2) is 13.6 Å². The summed E-state index contributed by atoms with van der Waals surface area (Å²) in [5.74, 6) is -0.512. The molecule has 0 saturated carbocycles. The highest BCUT2D eigenvalue weighted by Crippen LogP contribution is 2.14. The maximum absolute atomic E-state index is 12.0. The summed E-state index contributed by atoms with van der Waals surface area (Å²) >= 11 is 0. The minimum absolute atomic E-state index is 0.0416. The minimum atomic E-state index is -0.256. The Morgan fingerprint density at radius 3 is 0.962 bits per heavy atom. The van der Waals surface area contributed by atoms with Crippen LogP contribution >= 0.6 is 0 Å². The molecule has 0 spiro atoms. The summed E-state index contributed by atoms with van der Waals surface area (Å²) in [6, 6.07) is 0. The van der Waals surface area contributed by atoms with Crippen molar-refractivity contribution in [3.8, 4) is 0 Å². The Labute approximate surface area is 321 Å². The summed E-state index contributed by atoms with van der Waals surface area (Å²) in [7, 11) is 0. The van der Waals surface area contributed by atoms with E-state index in [1.165, 1.54) is 141 Å². The molecule has 0 fully saturated rings. The SMILES string of the molecule is CCCCCCCCCCCCCCOCC(C)OCOC(=O)CCCCCCC(=O)OCOC(C)COCCCCCCCCCCCCCC. The third-order valence-corrected chi connectivity index (χ3v) is 9.65. The quantitative estimate of drug-likeness (QED) is 0.0346. The second kappa shape index (κ2) is 42.5. The fourth-order valence-corrected chi connectivity index (χ4v) is 6.15. The molecule has 310 valence electrons. The van der Waals surface area contributed by atoms with Crippen LogP contribution in [0.2, 0.25) is 0 Å². The van der Waals surface area contributed by atoms with Crippen LogP contribution in [0.25, 0.3) is 0 Å². The average Bonchev–Trinajstić information content (AvgIpc) is 3.13. The molecule has 52 heavy (non-hydrogen) atoms. The number of carbonyl (C=O) groups is 2. The molecule has 0 aliphatic carbocycles. The molecule has 0 aliphatic heterocycles. The monoisotopic (exact) mass is 743 g/mol. The van der Waals surface area contributed by atoms with Crippen molar-refractivity contribution in [2.24, 2.45) is 0 Å². The molecule has 2 unspecified atom stereocenters. The molecule has 0 amide bonds. The van der Waals surface area contributed by atoms with Gasteiger partial charge in [-0.25, -0.2) is 0 Å². The summed E-state index contributed by atoms with van der Waals surface area (Å²) in [6.07, 6.45) is 35.7. The molecular weight excluding hydrogens is 656 g/mol. The van der Waals surface area contributed by atoms with Gasteiger partial charge in [-0.1, -0.05) is 168 Å². The molecule has 0 bridgehead atoms. The number of hydrogen-bond acceptors (Lipinski definition) is 8. The van der Waals surface area contributed by atoms with E-state index in [-0.39, 0.29) is 37.7 Å². The molecule has 0 aromatic rings. The van der Waals surface area contributed by atoms with E-state index in [2.05, 4.69) is 13.8 Å². The predicted octanol–water partition coefficient (Wildman–Crippen LogP) is 12.6. The van der Waals surface area contributed by atoms with Crippen molar-refractivity contribution in [3.05, 3.63) is 0 Å². The predicted molar refractivity (Wildman–Crippen MR) is 215 cm³/mol. The van der Waals surface area contributed by atoms with Crippen LogP contribution in [-0.4, -0.2) is 64.2 Å². The molecule has 2 atom stereocenters. The smallest absolute Gasteiger partial charge is 0.307 e. The van der Waals surface area contributed by atoms with Crippen molar-refractivity contribution in [2.75, 3.05) is 40.0 Å². The Morgan fingerprint density at radius 2 is 0.654 bits per heavy atom. The fourth-order valence-electron chi connectivity index (χ4n) is 6.15. The van der Waals surface area contributed by atoms with E-state index in [9.17, 15) is 9.59 Å². The second-order valence-electron chi connectivity index (χ2n) is 15.1. The molecule has 0 aromatic carbocycles. The third-order valence-electron chi connectivity index (χ3n) is 9.65. The van der Waals surface area contributed by atoms with E-state index < -0.39 is 0 Å². The highest BCUT2D eigenvalue weighted by atomic mass is 16.7. The molecule has 0 saturated heterocycles. The van der Waals surface area contributed by atoms with E-state index in [1.54, 1.807) is 0 Å². The van der Waals surface area contributed by atoms with Crippen LogP contribution in [-0.2, 0) is 38.0 Å². The Bertz CT molecular complexity index is 673. The zero-order valence-electron chi connectivity index (χ0n) is 34.9. The van der Waals surface area contributed by atoms with Gasteiger partial charge in [-0.15, -0.1) is 0 Å². The first kappa shape index (κ1) is 50.8. The maximum atomic E-state index is 12.0. The molecule has 0 rings (SSSR count). The highest BCUT2D eigenvalue weighted by Gasteiger charge is 2.09. The van der Waals surface area contributed by atoms with Gasteiger partial charge in [0.2, 0.25) is 0 Å². The van der Waals surface area contributed by atoms with Crippen molar-refractivity contribution in [3.63, 3.8) is 0 Å². The van der Waals surface area contributed by atoms with Gasteiger partial charge in [0.1, 0.15) is 0 Å². The average molecular weight is 743 g/mol. The van der Waals surface area contributed by atoms with Crippen LogP contribution in [0.15, 0.2) is 0 Å². The summed E-state index contributed by atoms with van der Waals surface area (Å²) in [6.45, 7) is 10.9. The lowest BCUT2D eigenvalue weighted by molar-refractivity contribution is -0.164. The van der Waals surface area contributed by atoms with Crippen LogP contribution in [0.1, 0.15) is 220 Å². The Hall–Kier alpha value is -1.22. The lowest BCUT2D eigenvalue weighted by Crippen LogP contribution is -2.19. The molecular formula is C44H86O8. The van der Waals surface area contributed by atoms with E-state index in [0.29, 0.717) is 26.1 Å². The first-order valence-electron chi connectivity index (χ1n) is 22.2. The van der Waals surface area contributed by atoms with Crippen LogP contribution < -0.4 is 0 Å². The molecule has 8 nitrogen and oxygen atoms in total. The lowest BCUT2D eigenvalue weighted by Gasteiger charge is -2.14. The van der Waals surface area contributed by atoms with Crippen molar-refractivity contribution < 1.29 is 38.0 Å². The van der Waals surface area contributed by atoms with Crippen LogP contribution in [0, 0.1) is 0 Å². The number of rotatable bonds is 43. The number of carbonyl (C=O) groups excluding carboxylic acids is 2. The summed E-state index contributed by atoms with van der Waals surface area (Å²) in [4.78, 5) is 24.0. The van der Waals surface area contributed by atoms with Crippen molar-refractivity contribution in [2.45, 2.75) is 233 Å². The Kier molecular flexibility index (Phi) is 41.5. The second-order valence-corrected chi connectivity index (χ2v) is 15.1. The van der Waals surface area contributed by atoms with Crippen molar-refractivity contribution in [1.29, 1.82) is 0 Å². The van der Waals surface area contributed by atoms with E-state index in [1.807, 2.05) is 13.8 Å². The number of ether oxygens (including phenoxy) is 6. The van der Waals surface area contributed by atoms with Crippen LogP contribution in [0.4, 0.5) is 0 Å². The summed E-state index contributed by atoms with van der Waals surface area (Å²) in [5.41, 5.74) is 0. The highest BCUT2D eigenvalue weighted by molar-refractivity contribution is 5.69. The van der Waals surface area contributed by atoms with Gasteiger partial charge in [0.25, 0.3) is 0 Å². The van der Waals surface area contributed by atoms with Gasteiger partial charge in [0, 0.05) is 26.1 Å².